The molecular weight excluding hydrogens is 522 g/mol. The zero-order valence-corrected chi connectivity index (χ0v) is 22.2. The Morgan fingerprint density at radius 2 is 1.61 bits per heavy atom. The number of sulfonamides is 2. The zero-order valence-electron chi connectivity index (χ0n) is 20.5. The van der Waals surface area contributed by atoms with Crippen molar-refractivity contribution >= 4 is 20.0 Å². The summed E-state index contributed by atoms with van der Waals surface area (Å²) in [7, 11) is -9.00. The molecule has 0 bridgehead atoms. The van der Waals surface area contributed by atoms with Crippen molar-refractivity contribution in [2.75, 3.05) is 0 Å². The van der Waals surface area contributed by atoms with E-state index in [1.165, 1.54) is 32.3 Å². The lowest BCUT2D eigenvalue weighted by molar-refractivity contribution is -0.142. The Morgan fingerprint density at radius 1 is 1.03 bits per heavy atom. The quantitative estimate of drug-likeness (QED) is 0.495. The molecule has 202 valence electrons. The largest absolute Gasteiger partial charge is 0.420 e. The van der Waals surface area contributed by atoms with Crippen molar-refractivity contribution < 1.29 is 34.4 Å². The second kappa shape index (κ2) is 9.73. The SMILES string of the molecule is Cc1c(S(N)(=O)=O)cc(-c2ccc(S(=O)(=O)NC(C)(C)C)c(C(F)(F)F)c2F)n1CC1CCCCC1. The highest BCUT2D eigenvalue weighted by Gasteiger charge is 2.42. The molecule has 1 aromatic carbocycles. The Bertz CT molecular complexity index is 1350. The zero-order chi connectivity index (χ0) is 27.3. The van der Waals surface area contributed by atoms with Crippen LogP contribution in [-0.2, 0) is 32.8 Å². The molecule has 0 aliphatic heterocycles. The van der Waals surface area contributed by atoms with Crippen molar-refractivity contribution in [1.29, 1.82) is 0 Å². The number of hydrogen-bond acceptors (Lipinski definition) is 4. The lowest BCUT2D eigenvalue weighted by Crippen LogP contribution is -2.41. The van der Waals surface area contributed by atoms with Crippen molar-refractivity contribution in [3.63, 3.8) is 0 Å². The highest BCUT2D eigenvalue weighted by atomic mass is 32.2. The molecule has 0 saturated heterocycles. The van der Waals surface area contributed by atoms with Crippen LogP contribution in [0, 0.1) is 18.7 Å². The Kier molecular flexibility index (Phi) is 7.73. The van der Waals surface area contributed by atoms with Gasteiger partial charge >= 0.3 is 6.18 Å². The van der Waals surface area contributed by atoms with Crippen LogP contribution in [0.2, 0.25) is 0 Å². The number of hydrogen-bond donors (Lipinski definition) is 2. The van der Waals surface area contributed by atoms with E-state index in [9.17, 15) is 30.0 Å². The summed E-state index contributed by atoms with van der Waals surface area (Å²) in [5, 5.41) is 5.33. The monoisotopic (exact) mass is 553 g/mol. The molecule has 3 rings (SSSR count). The van der Waals surface area contributed by atoms with Gasteiger partial charge in [-0.2, -0.15) is 13.2 Å². The fourth-order valence-electron chi connectivity index (χ4n) is 4.70. The third kappa shape index (κ3) is 6.12. The Morgan fingerprint density at radius 3 is 2.11 bits per heavy atom. The van der Waals surface area contributed by atoms with E-state index in [1.807, 2.05) is 0 Å². The van der Waals surface area contributed by atoms with Crippen molar-refractivity contribution in [3.8, 4) is 11.3 Å². The van der Waals surface area contributed by atoms with Gasteiger partial charge in [0.05, 0.1) is 10.6 Å². The predicted octanol–water partition coefficient (Wildman–Crippen LogP) is 4.93. The molecule has 3 N–H and O–H groups in total. The average Bonchev–Trinajstić information content (AvgIpc) is 3.02. The van der Waals surface area contributed by atoms with Crippen molar-refractivity contribution in [2.45, 2.75) is 87.9 Å². The van der Waals surface area contributed by atoms with Crippen LogP contribution >= 0.6 is 0 Å². The molecule has 1 aromatic heterocycles. The Labute approximate surface area is 209 Å². The van der Waals surface area contributed by atoms with Crippen LogP contribution in [0.3, 0.4) is 0 Å². The summed E-state index contributed by atoms with van der Waals surface area (Å²) in [5.41, 5.74) is -3.56. The molecule has 0 atom stereocenters. The molecule has 0 amide bonds. The van der Waals surface area contributed by atoms with Crippen molar-refractivity contribution in [1.82, 2.24) is 9.29 Å². The molecule has 1 aliphatic carbocycles. The van der Waals surface area contributed by atoms with Gasteiger partial charge in [0.15, 0.2) is 0 Å². The van der Waals surface area contributed by atoms with Gasteiger partial charge in [-0.25, -0.2) is 31.1 Å². The Hall–Kier alpha value is -1.96. The molecule has 36 heavy (non-hydrogen) atoms. The van der Waals surface area contributed by atoms with Gasteiger partial charge in [0.25, 0.3) is 0 Å². The maximum atomic E-state index is 15.7. The molecule has 1 fully saturated rings. The number of benzene rings is 1. The van der Waals surface area contributed by atoms with Crippen molar-refractivity contribution in [2.24, 2.45) is 11.1 Å². The number of nitrogens with one attached hydrogen (secondary N) is 1. The van der Waals surface area contributed by atoms with E-state index in [0.717, 1.165) is 44.2 Å². The van der Waals surface area contributed by atoms with E-state index in [1.54, 1.807) is 0 Å². The van der Waals surface area contributed by atoms with Gasteiger partial charge in [-0.05, 0) is 64.7 Å². The number of nitrogens with two attached hydrogens (primary N) is 1. The molecule has 1 saturated carbocycles. The number of rotatable bonds is 6. The summed E-state index contributed by atoms with van der Waals surface area (Å²) in [6.45, 7) is 6.05. The minimum atomic E-state index is -5.35. The molecular formula is C23H31F4N3O4S2. The van der Waals surface area contributed by atoms with Gasteiger partial charge in [0, 0.05) is 23.3 Å². The van der Waals surface area contributed by atoms with Gasteiger partial charge in [-0.15, -0.1) is 0 Å². The normalized spacial score (nSPS) is 16.5. The lowest BCUT2D eigenvalue weighted by atomic mass is 9.89. The number of nitrogens with zero attached hydrogens (tertiary/aromatic N) is 1. The van der Waals surface area contributed by atoms with Crippen molar-refractivity contribution in [3.05, 3.63) is 35.3 Å². The molecule has 2 aromatic rings. The van der Waals surface area contributed by atoms with Gasteiger partial charge in [-0.3, -0.25) is 0 Å². The van der Waals surface area contributed by atoms with E-state index in [4.69, 9.17) is 5.14 Å². The first-order chi connectivity index (χ1) is 16.3. The first-order valence-corrected chi connectivity index (χ1v) is 14.5. The van der Waals surface area contributed by atoms with Crippen LogP contribution in [0.5, 0.6) is 0 Å². The Balaban J connectivity index is 2.28. The third-order valence-electron chi connectivity index (χ3n) is 6.19. The highest BCUT2D eigenvalue weighted by molar-refractivity contribution is 7.89. The maximum absolute atomic E-state index is 15.7. The van der Waals surface area contributed by atoms with Crippen LogP contribution in [0.25, 0.3) is 11.3 Å². The topological polar surface area (TPSA) is 111 Å². The summed E-state index contributed by atoms with van der Waals surface area (Å²) in [6, 6.07) is 2.67. The van der Waals surface area contributed by atoms with Gasteiger partial charge in [0.2, 0.25) is 20.0 Å². The molecule has 13 heteroatoms. The van der Waals surface area contributed by atoms with E-state index < -0.39 is 53.6 Å². The molecule has 0 unspecified atom stereocenters. The minimum Gasteiger partial charge on any atom is -0.343 e. The summed E-state index contributed by atoms with van der Waals surface area (Å²) in [6.07, 6.45) is -0.689. The number of alkyl halides is 3. The van der Waals surface area contributed by atoms with Gasteiger partial charge < -0.3 is 4.57 Å². The van der Waals surface area contributed by atoms with Crippen LogP contribution < -0.4 is 9.86 Å². The van der Waals surface area contributed by atoms with Crippen LogP contribution in [0.15, 0.2) is 28.0 Å². The summed E-state index contributed by atoms with van der Waals surface area (Å²) < 4.78 is 111. The van der Waals surface area contributed by atoms with E-state index in [2.05, 4.69) is 4.72 Å². The summed E-state index contributed by atoms with van der Waals surface area (Å²) in [5.74, 6) is -1.68. The summed E-state index contributed by atoms with van der Waals surface area (Å²) >= 11 is 0. The molecule has 0 spiro atoms. The minimum absolute atomic E-state index is 0.113. The molecule has 1 aliphatic rings. The second-order valence-corrected chi connectivity index (χ2v) is 13.5. The van der Waals surface area contributed by atoms with E-state index in [0.29, 0.717) is 6.07 Å². The van der Waals surface area contributed by atoms with E-state index in [-0.39, 0.29) is 28.7 Å². The number of primary sulfonamides is 1. The van der Waals surface area contributed by atoms with Gasteiger partial charge in [0.1, 0.15) is 16.3 Å². The first-order valence-electron chi connectivity index (χ1n) is 11.5. The van der Waals surface area contributed by atoms with Crippen LogP contribution in [0.1, 0.15) is 64.1 Å². The van der Waals surface area contributed by atoms with Crippen LogP contribution in [-0.4, -0.2) is 26.9 Å². The molecule has 0 radical (unpaired) electrons. The highest BCUT2D eigenvalue weighted by Crippen LogP contribution is 2.41. The third-order valence-corrected chi connectivity index (χ3v) is 9.01. The number of aromatic nitrogens is 1. The standard InChI is InChI=1S/C23H31F4N3O4S2/c1-14-19(35(28,31)32)12-17(30(14)13-15-8-6-5-7-9-15)16-10-11-18(20(21(16)24)23(25,26)27)36(33,34)29-22(2,3)4/h10-12,15,29H,5-9,13H2,1-4H3,(H2,28,31,32). The van der Waals surface area contributed by atoms with E-state index >= 15 is 4.39 Å². The first kappa shape index (κ1) is 28.6. The fourth-order valence-corrected chi connectivity index (χ4v) is 7.13. The molecule has 7 nitrogen and oxygen atoms in total. The average molecular weight is 554 g/mol. The van der Waals surface area contributed by atoms with Gasteiger partial charge in [-0.1, -0.05) is 19.3 Å². The smallest absolute Gasteiger partial charge is 0.343 e. The lowest BCUT2D eigenvalue weighted by Gasteiger charge is -2.25. The fraction of sp³-hybridized carbons (Fsp3) is 0.565. The second-order valence-electron chi connectivity index (χ2n) is 10.3. The summed E-state index contributed by atoms with van der Waals surface area (Å²) in [4.78, 5) is -1.58. The number of halogens is 4. The maximum Gasteiger partial charge on any atom is 0.420 e. The molecule has 1 heterocycles. The van der Waals surface area contributed by atoms with Crippen LogP contribution in [0.4, 0.5) is 17.6 Å². The predicted molar refractivity (Wildman–Crippen MR) is 128 cm³/mol.